The third-order valence-electron chi connectivity index (χ3n) is 9.82. The average Bonchev–Trinajstić information content (AvgIpc) is 3.84. The third-order valence-corrected chi connectivity index (χ3v) is 11.0. The maximum absolute atomic E-state index is 5.10. The zero-order chi connectivity index (χ0) is 33.5. The quantitative estimate of drug-likeness (QED) is 0.187. The molecule has 0 amide bonds. The van der Waals surface area contributed by atoms with Crippen LogP contribution in [0.15, 0.2) is 158 Å². The maximum atomic E-state index is 5.10. The summed E-state index contributed by atoms with van der Waals surface area (Å²) in [7, 11) is 0. The van der Waals surface area contributed by atoms with Crippen LogP contribution >= 0.6 is 11.3 Å². The van der Waals surface area contributed by atoms with Gasteiger partial charge in [0.05, 0.1) is 27.6 Å². The van der Waals surface area contributed by atoms with Crippen LogP contribution in [0.25, 0.3) is 98.3 Å². The van der Waals surface area contributed by atoms with Crippen molar-refractivity contribution in [1.29, 1.82) is 0 Å². The highest BCUT2D eigenvalue weighted by atomic mass is 32.1. The summed E-state index contributed by atoms with van der Waals surface area (Å²) in [5, 5.41) is 5.95. The molecule has 51 heavy (non-hydrogen) atoms. The van der Waals surface area contributed by atoms with Crippen LogP contribution in [0.2, 0.25) is 0 Å². The van der Waals surface area contributed by atoms with E-state index in [-0.39, 0.29) is 0 Å². The summed E-state index contributed by atoms with van der Waals surface area (Å²) < 4.78 is 7.09. The number of rotatable bonds is 4. The fourth-order valence-electron chi connectivity index (χ4n) is 7.54. The standard InChI is InChI=1S/C44H26N6S/c1-3-12-27(13-4-1)42-46-43(28-14-5-2-6-15-28)48-44(47-42)50-35-18-9-7-16-30(35)32-24-29(21-22-36(32)50)49-37-19-11-23-45-41(37)34-25-33-31-17-8-10-20-39(31)51-40(33)26-38(34)49/h1-26H. The Morgan fingerprint density at radius 2 is 1.08 bits per heavy atom. The predicted molar refractivity (Wildman–Crippen MR) is 210 cm³/mol. The molecule has 11 aromatic rings. The van der Waals surface area contributed by atoms with E-state index in [0.29, 0.717) is 17.6 Å². The Morgan fingerprint density at radius 1 is 0.412 bits per heavy atom. The fourth-order valence-corrected chi connectivity index (χ4v) is 8.66. The van der Waals surface area contributed by atoms with Crippen LogP contribution in [0.4, 0.5) is 0 Å². The lowest BCUT2D eigenvalue weighted by molar-refractivity contribution is 0.953. The highest BCUT2D eigenvalue weighted by Gasteiger charge is 2.20. The number of thiophene rings is 1. The average molecular weight is 671 g/mol. The fraction of sp³-hybridized carbons (Fsp3) is 0. The van der Waals surface area contributed by atoms with Gasteiger partial charge in [-0.05, 0) is 54.6 Å². The molecule has 6 nitrogen and oxygen atoms in total. The molecule has 0 aliphatic rings. The molecule has 11 rings (SSSR count). The maximum Gasteiger partial charge on any atom is 0.238 e. The van der Waals surface area contributed by atoms with Gasteiger partial charge in [0.25, 0.3) is 0 Å². The number of fused-ring (bicyclic) bond motifs is 9. The van der Waals surface area contributed by atoms with Crippen molar-refractivity contribution in [3.05, 3.63) is 158 Å². The van der Waals surface area contributed by atoms with Crippen LogP contribution in [0.3, 0.4) is 0 Å². The number of para-hydroxylation sites is 1. The number of benzene rings is 6. The van der Waals surface area contributed by atoms with Gasteiger partial charge in [-0.3, -0.25) is 9.55 Å². The summed E-state index contributed by atoms with van der Waals surface area (Å²) in [5.41, 5.74) is 8.23. The molecule has 6 aromatic carbocycles. The Kier molecular flexibility index (Phi) is 6.02. The van der Waals surface area contributed by atoms with Crippen molar-refractivity contribution < 1.29 is 0 Å². The zero-order valence-electron chi connectivity index (χ0n) is 27.1. The largest absolute Gasteiger partial charge is 0.308 e. The molecule has 0 aliphatic heterocycles. The van der Waals surface area contributed by atoms with Gasteiger partial charge in [0, 0.05) is 59.3 Å². The molecule has 0 aliphatic carbocycles. The lowest BCUT2D eigenvalue weighted by atomic mass is 10.1. The van der Waals surface area contributed by atoms with E-state index in [4.69, 9.17) is 19.9 Å². The topological polar surface area (TPSA) is 61.4 Å². The molecule has 0 fully saturated rings. The molecule has 0 N–H and O–H groups in total. The van der Waals surface area contributed by atoms with Crippen LogP contribution in [-0.4, -0.2) is 29.1 Å². The Labute approximate surface area is 295 Å². The zero-order valence-corrected chi connectivity index (χ0v) is 27.9. The molecular formula is C44H26N6S. The second-order valence-electron chi connectivity index (χ2n) is 12.7. The molecule has 0 unspecified atom stereocenters. The smallest absolute Gasteiger partial charge is 0.238 e. The van der Waals surface area contributed by atoms with Crippen LogP contribution < -0.4 is 0 Å². The molecule has 5 heterocycles. The first-order valence-corrected chi connectivity index (χ1v) is 17.7. The highest BCUT2D eigenvalue weighted by molar-refractivity contribution is 7.25. The lowest BCUT2D eigenvalue weighted by Gasteiger charge is -2.11. The Balaban J connectivity index is 1.17. The van der Waals surface area contributed by atoms with Crippen molar-refractivity contribution in [2.75, 3.05) is 0 Å². The molecule has 0 saturated heterocycles. The van der Waals surface area contributed by atoms with Gasteiger partial charge < -0.3 is 4.57 Å². The normalized spacial score (nSPS) is 11.9. The first kappa shape index (κ1) is 28.2. The van der Waals surface area contributed by atoms with Crippen LogP contribution in [0.1, 0.15) is 0 Å². The molecule has 238 valence electrons. The lowest BCUT2D eigenvalue weighted by Crippen LogP contribution is -2.06. The van der Waals surface area contributed by atoms with E-state index in [2.05, 4.69) is 94.1 Å². The molecule has 0 atom stereocenters. The second kappa shape index (κ2) is 10.9. The van der Waals surface area contributed by atoms with Gasteiger partial charge in [-0.15, -0.1) is 11.3 Å². The number of aromatic nitrogens is 6. The monoisotopic (exact) mass is 670 g/mol. The summed E-state index contributed by atoms with van der Waals surface area (Å²) in [6, 6.07) is 52.9. The molecule has 0 spiro atoms. The van der Waals surface area contributed by atoms with E-state index in [0.717, 1.165) is 60.6 Å². The van der Waals surface area contributed by atoms with E-state index < -0.39 is 0 Å². The number of pyridine rings is 1. The predicted octanol–water partition coefficient (Wildman–Crippen LogP) is 11.2. The minimum Gasteiger partial charge on any atom is -0.308 e. The van der Waals surface area contributed by atoms with Crippen molar-refractivity contribution in [3.63, 3.8) is 0 Å². The first-order valence-electron chi connectivity index (χ1n) is 16.9. The van der Waals surface area contributed by atoms with Gasteiger partial charge in [-0.25, -0.2) is 4.98 Å². The van der Waals surface area contributed by atoms with Crippen molar-refractivity contribution in [2.45, 2.75) is 0 Å². The third kappa shape index (κ3) is 4.28. The Morgan fingerprint density at radius 3 is 1.86 bits per heavy atom. The highest BCUT2D eigenvalue weighted by Crippen LogP contribution is 2.41. The van der Waals surface area contributed by atoms with Gasteiger partial charge in [-0.2, -0.15) is 9.97 Å². The first-order chi connectivity index (χ1) is 25.3. The molecular weight excluding hydrogens is 645 g/mol. The minimum atomic E-state index is 0.579. The van der Waals surface area contributed by atoms with Gasteiger partial charge in [0.1, 0.15) is 0 Å². The number of nitrogens with zero attached hydrogens (tertiary/aromatic N) is 6. The van der Waals surface area contributed by atoms with Crippen molar-refractivity contribution >= 4 is 75.3 Å². The molecule has 0 saturated carbocycles. The van der Waals surface area contributed by atoms with Crippen LogP contribution in [-0.2, 0) is 0 Å². The summed E-state index contributed by atoms with van der Waals surface area (Å²) in [6.07, 6.45) is 1.89. The summed E-state index contributed by atoms with van der Waals surface area (Å²) in [6.45, 7) is 0. The Hall–Kier alpha value is -6.70. The van der Waals surface area contributed by atoms with Crippen LogP contribution in [0, 0.1) is 0 Å². The van der Waals surface area contributed by atoms with Crippen molar-refractivity contribution in [1.82, 2.24) is 29.1 Å². The molecule has 7 heteroatoms. The molecule has 0 radical (unpaired) electrons. The van der Waals surface area contributed by atoms with Crippen LogP contribution in [0.5, 0.6) is 0 Å². The number of hydrogen-bond donors (Lipinski definition) is 0. The van der Waals surface area contributed by atoms with Crippen molar-refractivity contribution in [3.8, 4) is 34.4 Å². The summed E-state index contributed by atoms with van der Waals surface area (Å²) in [5.74, 6) is 1.84. The second-order valence-corrected chi connectivity index (χ2v) is 13.8. The van der Waals surface area contributed by atoms with E-state index in [1.807, 2.05) is 84.3 Å². The number of hydrogen-bond acceptors (Lipinski definition) is 5. The van der Waals surface area contributed by atoms with Gasteiger partial charge in [0.15, 0.2) is 11.6 Å². The minimum absolute atomic E-state index is 0.579. The van der Waals surface area contributed by atoms with Crippen molar-refractivity contribution in [2.24, 2.45) is 0 Å². The van der Waals surface area contributed by atoms with Gasteiger partial charge >= 0.3 is 0 Å². The Bertz CT molecular complexity index is 3080. The van der Waals surface area contributed by atoms with Gasteiger partial charge in [-0.1, -0.05) is 97.1 Å². The summed E-state index contributed by atoms with van der Waals surface area (Å²) in [4.78, 5) is 20.0. The SMILES string of the molecule is c1ccc(-c2nc(-c3ccccc3)nc(-n3c4ccccc4c4cc(-n5c6cc7sc8ccccc8c7cc6c6ncccc65)ccc43)n2)cc1. The molecule has 0 bridgehead atoms. The van der Waals surface area contributed by atoms with Gasteiger partial charge in [0.2, 0.25) is 5.95 Å². The van der Waals surface area contributed by atoms with E-state index in [1.165, 1.54) is 20.2 Å². The van der Waals surface area contributed by atoms with E-state index in [9.17, 15) is 0 Å². The van der Waals surface area contributed by atoms with E-state index >= 15 is 0 Å². The summed E-state index contributed by atoms with van der Waals surface area (Å²) >= 11 is 1.84. The van der Waals surface area contributed by atoms with E-state index in [1.54, 1.807) is 0 Å². The molecule has 5 aromatic heterocycles.